The Hall–Kier alpha value is -0.0800. The van der Waals surface area contributed by atoms with E-state index >= 15 is 0 Å². The van der Waals surface area contributed by atoms with Gasteiger partial charge in [-0.25, -0.2) is 0 Å². The van der Waals surface area contributed by atoms with Crippen molar-refractivity contribution in [3.8, 4) is 0 Å². The highest BCUT2D eigenvalue weighted by Crippen LogP contribution is 2.29. The molecule has 0 aromatic carbocycles. The van der Waals surface area contributed by atoms with Gasteiger partial charge >= 0.3 is 0 Å². The van der Waals surface area contributed by atoms with Crippen molar-refractivity contribution in [3.05, 3.63) is 0 Å². The van der Waals surface area contributed by atoms with Gasteiger partial charge in [0.25, 0.3) is 0 Å². The van der Waals surface area contributed by atoms with E-state index in [9.17, 15) is 5.11 Å². The lowest BCUT2D eigenvalue weighted by Gasteiger charge is -2.36. The van der Waals surface area contributed by atoms with Crippen molar-refractivity contribution in [2.45, 2.75) is 95.7 Å². The third kappa shape index (κ3) is 4.24. The summed E-state index contributed by atoms with van der Waals surface area (Å²) in [5, 5.41) is 13.5. The normalized spacial score (nSPS) is 32.3. The van der Waals surface area contributed by atoms with E-state index in [1.807, 2.05) is 0 Å². The number of aliphatic hydroxyl groups excluding tert-OH is 1. The molecule has 18 heavy (non-hydrogen) atoms. The molecule has 2 N–H and O–H groups in total. The molecule has 0 aromatic heterocycles. The summed E-state index contributed by atoms with van der Waals surface area (Å²) >= 11 is 0. The van der Waals surface area contributed by atoms with E-state index in [1.54, 1.807) is 0 Å². The van der Waals surface area contributed by atoms with Crippen LogP contribution in [-0.2, 0) is 0 Å². The molecule has 1 unspecified atom stereocenters. The second kappa shape index (κ2) is 7.49. The molecular formula is C16H31NO. The number of hydrogen-bond donors (Lipinski definition) is 2. The lowest BCUT2D eigenvalue weighted by molar-refractivity contribution is 0.108. The first-order valence-corrected chi connectivity index (χ1v) is 8.23. The SMILES string of the molecule is CCCC(NC1CCC(O)CC1)C1CCCCC1. The summed E-state index contributed by atoms with van der Waals surface area (Å²) < 4.78 is 0. The maximum absolute atomic E-state index is 9.59. The summed E-state index contributed by atoms with van der Waals surface area (Å²) in [6, 6.07) is 1.42. The van der Waals surface area contributed by atoms with E-state index in [0.29, 0.717) is 6.04 Å². The third-order valence-electron chi connectivity index (χ3n) is 4.97. The van der Waals surface area contributed by atoms with Crippen LogP contribution in [0.1, 0.15) is 77.6 Å². The van der Waals surface area contributed by atoms with Gasteiger partial charge < -0.3 is 10.4 Å². The van der Waals surface area contributed by atoms with Crippen molar-refractivity contribution in [2.75, 3.05) is 0 Å². The average Bonchev–Trinajstić information content (AvgIpc) is 2.42. The second-order valence-corrected chi connectivity index (χ2v) is 6.47. The molecule has 0 aromatic rings. The van der Waals surface area contributed by atoms with Crippen molar-refractivity contribution >= 4 is 0 Å². The van der Waals surface area contributed by atoms with Gasteiger partial charge in [-0.2, -0.15) is 0 Å². The highest BCUT2D eigenvalue weighted by Gasteiger charge is 2.27. The monoisotopic (exact) mass is 253 g/mol. The second-order valence-electron chi connectivity index (χ2n) is 6.47. The van der Waals surface area contributed by atoms with Crippen LogP contribution in [-0.4, -0.2) is 23.3 Å². The molecule has 2 saturated carbocycles. The van der Waals surface area contributed by atoms with Gasteiger partial charge in [-0.3, -0.25) is 0 Å². The predicted molar refractivity (Wildman–Crippen MR) is 76.7 cm³/mol. The van der Waals surface area contributed by atoms with E-state index in [-0.39, 0.29) is 6.10 Å². The topological polar surface area (TPSA) is 32.3 Å². The van der Waals surface area contributed by atoms with Crippen LogP contribution < -0.4 is 5.32 Å². The number of rotatable bonds is 5. The lowest BCUT2D eigenvalue weighted by Crippen LogP contribution is -2.45. The number of aliphatic hydroxyl groups is 1. The van der Waals surface area contributed by atoms with Crippen LogP contribution in [0.4, 0.5) is 0 Å². The molecule has 2 fully saturated rings. The van der Waals surface area contributed by atoms with Gasteiger partial charge in [-0.05, 0) is 50.9 Å². The molecule has 0 radical (unpaired) electrons. The molecule has 2 nitrogen and oxygen atoms in total. The molecule has 0 saturated heterocycles. The Morgan fingerprint density at radius 3 is 2.28 bits per heavy atom. The Kier molecular flexibility index (Phi) is 5.97. The van der Waals surface area contributed by atoms with Crippen LogP contribution >= 0.6 is 0 Å². The summed E-state index contributed by atoms with van der Waals surface area (Å²) in [5.74, 6) is 0.922. The highest BCUT2D eigenvalue weighted by molar-refractivity contribution is 4.85. The van der Waals surface area contributed by atoms with Crippen molar-refractivity contribution in [2.24, 2.45) is 5.92 Å². The predicted octanol–water partition coefficient (Wildman–Crippen LogP) is 3.63. The summed E-state index contributed by atoms with van der Waals surface area (Å²) in [6.07, 6.45) is 14.2. The van der Waals surface area contributed by atoms with E-state index < -0.39 is 0 Å². The number of nitrogens with one attached hydrogen (secondary N) is 1. The van der Waals surface area contributed by atoms with Crippen LogP contribution in [0.15, 0.2) is 0 Å². The minimum atomic E-state index is -0.0256. The summed E-state index contributed by atoms with van der Waals surface area (Å²) in [7, 11) is 0. The smallest absolute Gasteiger partial charge is 0.0541 e. The fourth-order valence-electron chi connectivity index (χ4n) is 3.85. The Labute approximate surface area is 113 Å². The van der Waals surface area contributed by atoms with Crippen LogP contribution in [0.3, 0.4) is 0 Å². The van der Waals surface area contributed by atoms with Gasteiger partial charge in [0.05, 0.1) is 6.10 Å². The van der Waals surface area contributed by atoms with E-state index in [4.69, 9.17) is 0 Å². The van der Waals surface area contributed by atoms with Gasteiger partial charge in [0, 0.05) is 12.1 Å². The molecule has 2 aliphatic carbocycles. The van der Waals surface area contributed by atoms with Gasteiger partial charge in [0.1, 0.15) is 0 Å². The van der Waals surface area contributed by atoms with E-state index in [2.05, 4.69) is 12.2 Å². The maximum atomic E-state index is 9.59. The quantitative estimate of drug-likeness (QED) is 0.784. The lowest BCUT2D eigenvalue weighted by atomic mass is 9.81. The molecule has 0 spiro atoms. The molecule has 106 valence electrons. The van der Waals surface area contributed by atoms with Crippen LogP contribution in [0.5, 0.6) is 0 Å². The Morgan fingerprint density at radius 1 is 1.00 bits per heavy atom. The minimum absolute atomic E-state index is 0.0256. The Balaban J connectivity index is 1.81. The zero-order chi connectivity index (χ0) is 12.8. The van der Waals surface area contributed by atoms with Crippen LogP contribution in [0.25, 0.3) is 0 Å². The first-order chi connectivity index (χ1) is 8.79. The Morgan fingerprint density at radius 2 is 1.67 bits per heavy atom. The molecule has 0 amide bonds. The molecule has 0 aliphatic heterocycles. The van der Waals surface area contributed by atoms with Crippen LogP contribution in [0.2, 0.25) is 0 Å². The molecular weight excluding hydrogens is 222 g/mol. The van der Waals surface area contributed by atoms with Crippen molar-refractivity contribution in [1.82, 2.24) is 5.32 Å². The summed E-state index contributed by atoms with van der Waals surface area (Å²) in [5.41, 5.74) is 0. The highest BCUT2D eigenvalue weighted by atomic mass is 16.3. The fourth-order valence-corrected chi connectivity index (χ4v) is 3.85. The van der Waals surface area contributed by atoms with Gasteiger partial charge in [-0.1, -0.05) is 32.6 Å². The summed E-state index contributed by atoms with van der Waals surface area (Å²) in [6.45, 7) is 2.31. The van der Waals surface area contributed by atoms with E-state index in [0.717, 1.165) is 24.8 Å². The Bertz CT molecular complexity index is 217. The molecule has 2 aliphatic rings. The van der Waals surface area contributed by atoms with Gasteiger partial charge in [0.2, 0.25) is 0 Å². The zero-order valence-electron chi connectivity index (χ0n) is 12.0. The molecule has 2 rings (SSSR count). The van der Waals surface area contributed by atoms with Crippen LogP contribution in [0, 0.1) is 5.92 Å². The largest absolute Gasteiger partial charge is 0.393 e. The van der Waals surface area contributed by atoms with Gasteiger partial charge in [-0.15, -0.1) is 0 Å². The zero-order valence-corrected chi connectivity index (χ0v) is 12.0. The average molecular weight is 253 g/mol. The standard InChI is InChI=1S/C16H31NO/c1-2-6-16(13-7-4-3-5-8-13)17-14-9-11-15(18)12-10-14/h13-18H,2-12H2,1H3. The molecule has 2 heteroatoms. The van der Waals surface area contributed by atoms with Gasteiger partial charge in [0.15, 0.2) is 0 Å². The van der Waals surface area contributed by atoms with Crippen molar-refractivity contribution in [3.63, 3.8) is 0 Å². The van der Waals surface area contributed by atoms with Crippen molar-refractivity contribution < 1.29 is 5.11 Å². The van der Waals surface area contributed by atoms with Crippen molar-refractivity contribution in [1.29, 1.82) is 0 Å². The first kappa shape index (κ1) is 14.3. The minimum Gasteiger partial charge on any atom is -0.393 e. The maximum Gasteiger partial charge on any atom is 0.0541 e. The molecule has 0 heterocycles. The fraction of sp³-hybridized carbons (Fsp3) is 1.00. The number of hydrogen-bond acceptors (Lipinski definition) is 2. The van der Waals surface area contributed by atoms with E-state index in [1.165, 1.54) is 57.8 Å². The molecule has 0 bridgehead atoms. The summed E-state index contributed by atoms with van der Waals surface area (Å²) in [4.78, 5) is 0. The molecule has 1 atom stereocenters. The third-order valence-corrected chi connectivity index (χ3v) is 4.97. The first-order valence-electron chi connectivity index (χ1n) is 8.23.